The Labute approximate surface area is 107 Å². The van der Waals surface area contributed by atoms with Crippen molar-refractivity contribution in [3.8, 4) is 0 Å². The first-order valence-electron chi connectivity index (χ1n) is 6.33. The molecular weight excluding hydrogens is 228 g/mol. The standard InChI is InChI=1S/C14H24O2Si/c1-6-15-17(16-7-2)13-11-9-8-10-12(13)14(3,4)5/h8-11,17H,6-7H2,1-5H3. The zero-order valence-corrected chi connectivity index (χ0v) is 12.8. The third kappa shape index (κ3) is 3.94. The third-order valence-corrected chi connectivity index (χ3v) is 4.94. The highest BCUT2D eigenvalue weighted by Gasteiger charge is 2.25. The molecule has 17 heavy (non-hydrogen) atoms. The molecule has 0 spiro atoms. The number of benzene rings is 1. The molecule has 0 aliphatic carbocycles. The van der Waals surface area contributed by atoms with E-state index in [0.717, 1.165) is 13.2 Å². The second-order valence-electron chi connectivity index (χ2n) is 5.08. The number of hydrogen-bond donors (Lipinski definition) is 0. The van der Waals surface area contributed by atoms with Crippen molar-refractivity contribution in [2.75, 3.05) is 13.2 Å². The molecule has 1 aromatic carbocycles. The molecule has 0 amide bonds. The minimum atomic E-state index is -1.73. The Kier molecular flexibility index (Phi) is 5.37. The molecule has 0 aliphatic rings. The van der Waals surface area contributed by atoms with Crippen LogP contribution in [0.2, 0.25) is 0 Å². The molecule has 0 fully saturated rings. The Morgan fingerprint density at radius 3 is 2.00 bits per heavy atom. The summed E-state index contributed by atoms with van der Waals surface area (Å²) in [5.41, 5.74) is 1.48. The molecule has 2 nitrogen and oxygen atoms in total. The summed E-state index contributed by atoms with van der Waals surface area (Å²) >= 11 is 0. The van der Waals surface area contributed by atoms with Crippen LogP contribution in [0.1, 0.15) is 40.2 Å². The van der Waals surface area contributed by atoms with Gasteiger partial charge in [-0.25, -0.2) is 0 Å². The maximum Gasteiger partial charge on any atom is 0.356 e. The van der Waals surface area contributed by atoms with Crippen molar-refractivity contribution in [3.05, 3.63) is 29.8 Å². The van der Waals surface area contributed by atoms with E-state index in [1.807, 2.05) is 13.8 Å². The highest BCUT2D eigenvalue weighted by atomic mass is 28.3. The molecule has 0 saturated carbocycles. The first-order chi connectivity index (χ1) is 8.00. The van der Waals surface area contributed by atoms with E-state index in [1.54, 1.807) is 0 Å². The van der Waals surface area contributed by atoms with Crippen molar-refractivity contribution >= 4 is 14.5 Å². The lowest BCUT2D eigenvalue weighted by Gasteiger charge is -2.26. The molecule has 0 N–H and O–H groups in total. The Morgan fingerprint density at radius 2 is 1.53 bits per heavy atom. The van der Waals surface area contributed by atoms with Gasteiger partial charge in [0.1, 0.15) is 0 Å². The number of hydrogen-bond acceptors (Lipinski definition) is 2. The van der Waals surface area contributed by atoms with Crippen molar-refractivity contribution in [1.29, 1.82) is 0 Å². The van der Waals surface area contributed by atoms with Gasteiger partial charge in [0.15, 0.2) is 0 Å². The summed E-state index contributed by atoms with van der Waals surface area (Å²) < 4.78 is 11.6. The van der Waals surface area contributed by atoms with E-state index in [4.69, 9.17) is 8.85 Å². The zero-order valence-electron chi connectivity index (χ0n) is 11.6. The Morgan fingerprint density at radius 1 is 1.00 bits per heavy atom. The monoisotopic (exact) mass is 252 g/mol. The van der Waals surface area contributed by atoms with E-state index in [-0.39, 0.29) is 5.41 Å². The number of rotatable bonds is 5. The minimum Gasteiger partial charge on any atom is -0.394 e. The van der Waals surface area contributed by atoms with Crippen LogP contribution in [0.25, 0.3) is 0 Å². The SMILES string of the molecule is CCO[SiH](OCC)c1ccccc1C(C)(C)C. The van der Waals surface area contributed by atoms with Gasteiger partial charge in [0, 0.05) is 13.2 Å². The van der Waals surface area contributed by atoms with Gasteiger partial charge in [-0.05, 0) is 30.0 Å². The fourth-order valence-corrected chi connectivity index (χ4v) is 4.03. The molecule has 0 unspecified atom stereocenters. The molecule has 96 valence electrons. The van der Waals surface area contributed by atoms with E-state index in [0.29, 0.717) is 0 Å². The molecule has 0 aromatic heterocycles. The molecule has 1 aromatic rings. The van der Waals surface area contributed by atoms with Gasteiger partial charge in [0.25, 0.3) is 0 Å². The molecule has 0 radical (unpaired) electrons. The average Bonchev–Trinajstić information content (AvgIpc) is 2.28. The zero-order chi connectivity index (χ0) is 12.9. The lowest BCUT2D eigenvalue weighted by molar-refractivity contribution is 0.225. The van der Waals surface area contributed by atoms with Crippen LogP contribution in [0.3, 0.4) is 0 Å². The summed E-state index contributed by atoms with van der Waals surface area (Å²) in [5.74, 6) is 0. The Bertz CT molecular complexity index is 338. The fourth-order valence-electron chi connectivity index (χ4n) is 1.92. The van der Waals surface area contributed by atoms with E-state index < -0.39 is 9.28 Å². The second-order valence-corrected chi connectivity index (χ2v) is 7.03. The molecule has 0 heterocycles. The molecule has 0 aliphatic heterocycles. The Hall–Kier alpha value is -0.643. The van der Waals surface area contributed by atoms with Crippen molar-refractivity contribution in [1.82, 2.24) is 0 Å². The molecule has 0 saturated heterocycles. The van der Waals surface area contributed by atoms with Crippen LogP contribution >= 0.6 is 0 Å². The van der Waals surface area contributed by atoms with E-state index in [1.165, 1.54) is 10.8 Å². The minimum absolute atomic E-state index is 0.135. The first kappa shape index (κ1) is 14.4. The summed E-state index contributed by atoms with van der Waals surface area (Å²) in [6.45, 7) is 12.2. The van der Waals surface area contributed by atoms with Gasteiger partial charge in [-0.15, -0.1) is 0 Å². The van der Waals surface area contributed by atoms with Crippen LogP contribution in [0.15, 0.2) is 24.3 Å². The third-order valence-electron chi connectivity index (χ3n) is 2.66. The van der Waals surface area contributed by atoms with Crippen LogP contribution in [-0.4, -0.2) is 22.5 Å². The van der Waals surface area contributed by atoms with Gasteiger partial charge in [-0.2, -0.15) is 0 Å². The van der Waals surface area contributed by atoms with Gasteiger partial charge >= 0.3 is 9.28 Å². The summed E-state index contributed by atoms with van der Waals surface area (Å²) in [6, 6.07) is 8.51. The summed E-state index contributed by atoms with van der Waals surface area (Å²) in [6.07, 6.45) is 0. The summed E-state index contributed by atoms with van der Waals surface area (Å²) in [5, 5.41) is 1.28. The molecular formula is C14H24O2Si. The summed E-state index contributed by atoms with van der Waals surface area (Å²) in [4.78, 5) is 0. The normalized spacial score (nSPS) is 12.1. The van der Waals surface area contributed by atoms with Crippen LogP contribution in [0.4, 0.5) is 0 Å². The van der Waals surface area contributed by atoms with Crippen LogP contribution < -0.4 is 5.19 Å². The highest BCUT2D eigenvalue weighted by Crippen LogP contribution is 2.20. The maximum atomic E-state index is 5.82. The van der Waals surface area contributed by atoms with Gasteiger partial charge in [0.05, 0.1) is 0 Å². The van der Waals surface area contributed by atoms with Crippen molar-refractivity contribution < 1.29 is 8.85 Å². The van der Waals surface area contributed by atoms with Crippen LogP contribution in [0, 0.1) is 0 Å². The van der Waals surface area contributed by atoms with Gasteiger partial charge < -0.3 is 8.85 Å². The lowest BCUT2D eigenvalue weighted by atomic mass is 9.87. The van der Waals surface area contributed by atoms with Crippen LogP contribution in [-0.2, 0) is 14.3 Å². The predicted octanol–water partition coefficient (Wildman–Crippen LogP) is 2.48. The average molecular weight is 252 g/mol. The quantitative estimate of drug-likeness (QED) is 0.750. The van der Waals surface area contributed by atoms with E-state index in [9.17, 15) is 0 Å². The predicted molar refractivity (Wildman–Crippen MR) is 75.2 cm³/mol. The maximum absolute atomic E-state index is 5.82. The van der Waals surface area contributed by atoms with Gasteiger partial charge in [-0.1, -0.05) is 45.0 Å². The van der Waals surface area contributed by atoms with Crippen molar-refractivity contribution in [3.63, 3.8) is 0 Å². The largest absolute Gasteiger partial charge is 0.394 e. The lowest BCUT2D eigenvalue weighted by Crippen LogP contribution is -2.41. The second kappa shape index (κ2) is 6.33. The van der Waals surface area contributed by atoms with Crippen molar-refractivity contribution in [2.45, 2.75) is 40.0 Å². The summed E-state index contributed by atoms with van der Waals surface area (Å²) in [7, 11) is -1.73. The molecule has 0 atom stereocenters. The Balaban J connectivity index is 3.09. The van der Waals surface area contributed by atoms with E-state index >= 15 is 0 Å². The highest BCUT2D eigenvalue weighted by molar-refractivity contribution is 6.61. The van der Waals surface area contributed by atoms with Crippen molar-refractivity contribution in [2.24, 2.45) is 0 Å². The topological polar surface area (TPSA) is 18.5 Å². The van der Waals surface area contributed by atoms with Gasteiger partial charge in [0.2, 0.25) is 0 Å². The van der Waals surface area contributed by atoms with E-state index in [2.05, 4.69) is 45.0 Å². The first-order valence-corrected chi connectivity index (χ1v) is 7.85. The molecule has 0 bridgehead atoms. The molecule has 3 heteroatoms. The molecule has 1 rings (SSSR count). The smallest absolute Gasteiger partial charge is 0.356 e. The van der Waals surface area contributed by atoms with Gasteiger partial charge in [-0.3, -0.25) is 0 Å². The fraction of sp³-hybridized carbons (Fsp3) is 0.571. The van der Waals surface area contributed by atoms with Crippen LogP contribution in [0.5, 0.6) is 0 Å².